The Morgan fingerprint density at radius 3 is 2.27 bits per heavy atom. The molecule has 7 heteroatoms. The minimum Gasteiger partial charge on any atom is -0.489 e. The van der Waals surface area contributed by atoms with Gasteiger partial charge in [-0.15, -0.1) is 0 Å². The molecule has 0 aromatic heterocycles. The highest BCUT2D eigenvalue weighted by Gasteiger charge is 2.26. The Labute approximate surface area is 236 Å². The molecule has 210 valence electrons. The number of likely N-dealkylation sites (tertiary alicyclic amines) is 1. The van der Waals surface area contributed by atoms with E-state index in [0.29, 0.717) is 31.9 Å². The Hall–Kier alpha value is -4.13. The molecule has 0 bridgehead atoms. The fourth-order valence-corrected chi connectivity index (χ4v) is 5.09. The van der Waals surface area contributed by atoms with E-state index in [-0.39, 0.29) is 30.6 Å². The first kappa shape index (κ1) is 28.9. The first-order chi connectivity index (χ1) is 19.4. The van der Waals surface area contributed by atoms with Crippen LogP contribution in [-0.4, -0.2) is 46.9 Å². The van der Waals surface area contributed by atoms with E-state index in [4.69, 9.17) is 4.74 Å². The predicted octanol–water partition coefficient (Wildman–Crippen LogP) is 4.95. The van der Waals surface area contributed by atoms with Crippen LogP contribution in [0.15, 0.2) is 78.9 Å². The molecule has 3 aromatic rings. The fourth-order valence-electron chi connectivity index (χ4n) is 5.09. The number of hydrogen-bond donors (Lipinski definition) is 2. The number of carbonyl (C=O) groups excluding carboxylic acids is 2. The molecule has 2 amide bonds. The molecule has 40 heavy (non-hydrogen) atoms. The summed E-state index contributed by atoms with van der Waals surface area (Å²) in [6.07, 6.45) is 3.15. The molecule has 7 nitrogen and oxygen atoms in total. The minimum absolute atomic E-state index is 0.135. The van der Waals surface area contributed by atoms with Crippen molar-refractivity contribution in [3.05, 3.63) is 101 Å². The SMILES string of the molecule is Cc1ccccc1CCC(=O)N1CCC(CC(=O)N[C@@H](Cc2ccc(OCc3ccccc3)cc2)C(=O)O)CC1. The van der Waals surface area contributed by atoms with Crippen LogP contribution in [0.3, 0.4) is 0 Å². The van der Waals surface area contributed by atoms with Gasteiger partial charge in [0.25, 0.3) is 0 Å². The van der Waals surface area contributed by atoms with Crippen LogP contribution >= 0.6 is 0 Å². The van der Waals surface area contributed by atoms with Crippen LogP contribution in [0.2, 0.25) is 0 Å². The van der Waals surface area contributed by atoms with E-state index >= 15 is 0 Å². The number of aryl methyl sites for hydroxylation is 2. The van der Waals surface area contributed by atoms with E-state index in [0.717, 1.165) is 30.4 Å². The second-order valence-electron chi connectivity index (χ2n) is 10.5. The van der Waals surface area contributed by atoms with Gasteiger partial charge in [0.05, 0.1) is 0 Å². The average molecular weight is 543 g/mol. The summed E-state index contributed by atoms with van der Waals surface area (Å²) in [5.74, 6) is -0.348. The number of carbonyl (C=O) groups is 3. The van der Waals surface area contributed by atoms with Crippen LogP contribution < -0.4 is 10.1 Å². The molecule has 1 aliphatic heterocycles. The Bertz CT molecular complexity index is 1270. The highest BCUT2D eigenvalue weighted by atomic mass is 16.5. The van der Waals surface area contributed by atoms with Crippen molar-refractivity contribution in [1.82, 2.24) is 10.2 Å². The highest BCUT2D eigenvalue weighted by Crippen LogP contribution is 2.22. The topological polar surface area (TPSA) is 95.9 Å². The van der Waals surface area contributed by atoms with Crippen molar-refractivity contribution in [2.45, 2.75) is 58.1 Å². The largest absolute Gasteiger partial charge is 0.489 e. The Balaban J connectivity index is 1.19. The van der Waals surface area contributed by atoms with E-state index in [1.165, 1.54) is 11.1 Å². The average Bonchev–Trinajstić information content (AvgIpc) is 2.96. The van der Waals surface area contributed by atoms with Gasteiger partial charge in [-0.05, 0) is 66.5 Å². The van der Waals surface area contributed by atoms with Crippen molar-refractivity contribution in [1.29, 1.82) is 0 Å². The van der Waals surface area contributed by atoms with Gasteiger partial charge in [0.1, 0.15) is 18.4 Å². The molecule has 1 fully saturated rings. The molecule has 1 saturated heterocycles. The van der Waals surface area contributed by atoms with Gasteiger partial charge in [0, 0.05) is 32.4 Å². The second-order valence-corrected chi connectivity index (χ2v) is 10.5. The van der Waals surface area contributed by atoms with E-state index in [1.54, 1.807) is 0 Å². The van der Waals surface area contributed by atoms with Gasteiger partial charge in [-0.2, -0.15) is 0 Å². The van der Waals surface area contributed by atoms with E-state index in [1.807, 2.05) is 71.6 Å². The van der Waals surface area contributed by atoms with Crippen molar-refractivity contribution in [2.75, 3.05) is 13.1 Å². The van der Waals surface area contributed by atoms with Crippen molar-refractivity contribution in [2.24, 2.45) is 5.92 Å². The lowest BCUT2D eigenvalue weighted by Crippen LogP contribution is -2.44. The molecule has 0 aliphatic carbocycles. The van der Waals surface area contributed by atoms with Crippen molar-refractivity contribution < 1.29 is 24.2 Å². The third kappa shape index (κ3) is 8.70. The lowest BCUT2D eigenvalue weighted by atomic mass is 9.92. The first-order valence-corrected chi connectivity index (χ1v) is 14.0. The third-order valence-corrected chi connectivity index (χ3v) is 7.56. The summed E-state index contributed by atoms with van der Waals surface area (Å²) in [6, 6.07) is 24.3. The maximum Gasteiger partial charge on any atom is 0.326 e. The van der Waals surface area contributed by atoms with E-state index < -0.39 is 12.0 Å². The summed E-state index contributed by atoms with van der Waals surface area (Å²) in [4.78, 5) is 39.2. The lowest BCUT2D eigenvalue weighted by molar-refractivity contribution is -0.142. The number of nitrogens with one attached hydrogen (secondary N) is 1. The lowest BCUT2D eigenvalue weighted by Gasteiger charge is -2.32. The molecule has 2 N–H and O–H groups in total. The van der Waals surface area contributed by atoms with E-state index in [9.17, 15) is 19.5 Å². The maximum absolute atomic E-state index is 12.7. The number of aliphatic carboxylic acids is 1. The Morgan fingerprint density at radius 1 is 0.925 bits per heavy atom. The molecule has 0 spiro atoms. The standard InChI is InChI=1S/C33H38N2O5/c1-24-7-5-6-10-28(24)13-16-32(37)35-19-17-26(18-20-35)22-31(36)34-30(33(38)39)21-25-11-14-29(15-12-25)40-23-27-8-3-2-4-9-27/h2-12,14-15,26,30H,13,16-23H2,1H3,(H,34,36)(H,38,39)/t30-/m0/s1. The van der Waals surface area contributed by atoms with Crippen LogP contribution in [0, 0.1) is 12.8 Å². The molecule has 1 heterocycles. The zero-order chi connectivity index (χ0) is 28.3. The van der Waals surface area contributed by atoms with Gasteiger partial charge >= 0.3 is 5.97 Å². The molecule has 0 unspecified atom stereocenters. The Kier molecular flexibility index (Phi) is 10.3. The third-order valence-electron chi connectivity index (χ3n) is 7.56. The van der Waals surface area contributed by atoms with Gasteiger partial charge in [0.15, 0.2) is 0 Å². The summed E-state index contributed by atoms with van der Waals surface area (Å²) >= 11 is 0. The van der Waals surface area contributed by atoms with Crippen molar-refractivity contribution in [3.8, 4) is 5.75 Å². The zero-order valence-electron chi connectivity index (χ0n) is 23.1. The summed E-state index contributed by atoms with van der Waals surface area (Å²) < 4.78 is 5.80. The van der Waals surface area contributed by atoms with Crippen LogP contribution in [0.1, 0.15) is 47.9 Å². The molecule has 1 atom stereocenters. The maximum atomic E-state index is 12.7. The quantitative estimate of drug-likeness (QED) is 0.338. The van der Waals surface area contributed by atoms with Crippen LogP contribution in [0.4, 0.5) is 0 Å². The number of hydrogen-bond acceptors (Lipinski definition) is 4. The van der Waals surface area contributed by atoms with Crippen molar-refractivity contribution in [3.63, 3.8) is 0 Å². The molecule has 4 rings (SSSR count). The fraction of sp³-hybridized carbons (Fsp3) is 0.364. The predicted molar refractivity (Wildman–Crippen MR) is 154 cm³/mol. The highest BCUT2D eigenvalue weighted by molar-refractivity contribution is 5.84. The van der Waals surface area contributed by atoms with Gasteiger partial charge in [-0.1, -0.05) is 66.7 Å². The molecular weight excluding hydrogens is 504 g/mol. The first-order valence-electron chi connectivity index (χ1n) is 14.0. The van der Waals surface area contributed by atoms with Crippen LogP contribution in [-0.2, 0) is 33.8 Å². The Morgan fingerprint density at radius 2 is 1.60 bits per heavy atom. The molecular formula is C33H38N2O5. The van der Waals surface area contributed by atoms with Crippen LogP contribution in [0.25, 0.3) is 0 Å². The number of ether oxygens (including phenoxy) is 1. The summed E-state index contributed by atoms with van der Waals surface area (Å²) in [7, 11) is 0. The number of carboxylic acid groups (broad SMARTS) is 1. The molecule has 0 radical (unpaired) electrons. The summed E-state index contributed by atoms with van der Waals surface area (Å²) in [6.45, 7) is 3.77. The normalized spacial score (nSPS) is 14.4. The van der Waals surface area contributed by atoms with Crippen molar-refractivity contribution >= 4 is 17.8 Å². The minimum atomic E-state index is -1.06. The number of nitrogens with zero attached hydrogens (tertiary/aromatic N) is 1. The summed E-state index contributed by atoms with van der Waals surface area (Å²) in [5, 5.41) is 12.4. The number of amides is 2. The smallest absolute Gasteiger partial charge is 0.326 e. The molecule has 1 aliphatic rings. The van der Waals surface area contributed by atoms with Gasteiger partial charge in [-0.3, -0.25) is 9.59 Å². The second kappa shape index (κ2) is 14.3. The van der Waals surface area contributed by atoms with Gasteiger partial charge in [-0.25, -0.2) is 4.79 Å². The summed E-state index contributed by atoms with van der Waals surface area (Å²) in [5.41, 5.74) is 4.26. The number of rotatable bonds is 12. The number of benzene rings is 3. The van der Waals surface area contributed by atoms with Gasteiger partial charge < -0.3 is 20.1 Å². The van der Waals surface area contributed by atoms with Crippen LogP contribution in [0.5, 0.6) is 5.75 Å². The number of piperidine rings is 1. The number of carboxylic acids is 1. The molecule has 0 saturated carbocycles. The van der Waals surface area contributed by atoms with Gasteiger partial charge in [0.2, 0.25) is 11.8 Å². The monoisotopic (exact) mass is 542 g/mol. The zero-order valence-corrected chi connectivity index (χ0v) is 23.1. The molecule has 3 aromatic carbocycles. The van der Waals surface area contributed by atoms with E-state index in [2.05, 4.69) is 24.4 Å².